The molecule has 3 fully saturated rings. The van der Waals surface area contributed by atoms with E-state index in [0.717, 1.165) is 25.7 Å². The van der Waals surface area contributed by atoms with Crippen LogP contribution >= 0.6 is 0 Å². The number of fused-ring (bicyclic) bond motifs is 2. The number of sulfone groups is 1. The molecule has 2 bridgehead atoms. The minimum absolute atomic E-state index is 0.270. The Morgan fingerprint density at radius 3 is 2.17 bits per heavy atom. The van der Waals surface area contributed by atoms with E-state index in [1.807, 2.05) is 0 Å². The monoisotopic (exact) mass is 272 g/mol. The van der Waals surface area contributed by atoms with Gasteiger partial charge in [-0.3, -0.25) is 4.90 Å². The Hall–Kier alpha value is -0.130. The summed E-state index contributed by atoms with van der Waals surface area (Å²) in [7, 11) is -2.80. The van der Waals surface area contributed by atoms with Crippen molar-refractivity contribution < 1.29 is 8.42 Å². The highest BCUT2D eigenvalue weighted by Crippen LogP contribution is 2.37. The quantitative estimate of drug-likeness (QED) is 0.770. The topological polar surface area (TPSA) is 63.4 Å². The number of rotatable bonds is 1. The maximum atomic E-state index is 11.8. The minimum atomic E-state index is -2.80. The van der Waals surface area contributed by atoms with Crippen LogP contribution in [0.5, 0.6) is 0 Å². The highest BCUT2D eigenvalue weighted by molar-refractivity contribution is 7.91. The molecule has 3 rings (SSSR count). The highest BCUT2D eigenvalue weighted by atomic mass is 32.2. The van der Waals surface area contributed by atoms with Crippen LogP contribution in [-0.4, -0.2) is 49.0 Å². The maximum Gasteiger partial charge on any atom is 0.151 e. The van der Waals surface area contributed by atoms with E-state index in [0.29, 0.717) is 29.6 Å². The standard InChI is InChI=1S/C13H24N2O2S/c14-10-7-11-3-1-4-12(8-10)15(11)13-5-2-6-18(16,17)9-13/h10-13H,1-9,14H2. The third-order valence-corrected chi connectivity index (χ3v) is 6.73. The molecule has 3 saturated heterocycles. The molecule has 0 radical (unpaired) electrons. The molecule has 0 aromatic carbocycles. The van der Waals surface area contributed by atoms with Crippen molar-refractivity contribution in [3.05, 3.63) is 0 Å². The highest BCUT2D eigenvalue weighted by Gasteiger charge is 2.42. The zero-order valence-electron chi connectivity index (χ0n) is 10.9. The van der Waals surface area contributed by atoms with E-state index in [9.17, 15) is 8.42 Å². The van der Waals surface area contributed by atoms with Gasteiger partial charge in [-0.2, -0.15) is 0 Å². The predicted molar refractivity (Wildman–Crippen MR) is 72.2 cm³/mol. The second-order valence-electron chi connectivity index (χ2n) is 6.33. The molecule has 0 saturated carbocycles. The van der Waals surface area contributed by atoms with Crippen molar-refractivity contribution in [3.63, 3.8) is 0 Å². The lowest BCUT2D eigenvalue weighted by atomic mass is 9.80. The minimum Gasteiger partial charge on any atom is -0.328 e. The van der Waals surface area contributed by atoms with Gasteiger partial charge in [-0.1, -0.05) is 6.42 Å². The van der Waals surface area contributed by atoms with Crippen molar-refractivity contribution in [1.29, 1.82) is 0 Å². The number of piperidine rings is 2. The molecule has 3 unspecified atom stereocenters. The van der Waals surface area contributed by atoms with Crippen LogP contribution in [0.2, 0.25) is 0 Å². The predicted octanol–water partition coefficient (Wildman–Crippen LogP) is 0.908. The van der Waals surface area contributed by atoms with Crippen LogP contribution in [0.25, 0.3) is 0 Å². The van der Waals surface area contributed by atoms with Gasteiger partial charge in [0.2, 0.25) is 0 Å². The van der Waals surface area contributed by atoms with Crippen LogP contribution in [0.1, 0.15) is 44.9 Å². The lowest BCUT2D eigenvalue weighted by Crippen LogP contribution is -2.60. The first-order chi connectivity index (χ1) is 8.55. The average molecular weight is 272 g/mol. The van der Waals surface area contributed by atoms with Gasteiger partial charge >= 0.3 is 0 Å². The fraction of sp³-hybridized carbons (Fsp3) is 1.00. The molecule has 0 spiro atoms. The smallest absolute Gasteiger partial charge is 0.151 e. The molecule has 3 aliphatic rings. The van der Waals surface area contributed by atoms with E-state index in [1.165, 1.54) is 19.3 Å². The van der Waals surface area contributed by atoms with Crippen LogP contribution in [0.15, 0.2) is 0 Å². The molecule has 0 aliphatic carbocycles. The molecule has 0 aromatic heterocycles. The Morgan fingerprint density at radius 2 is 1.56 bits per heavy atom. The van der Waals surface area contributed by atoms with Crippen molar-refractivity contribution in [2.75, 3.05) is 11.5 Å². The normalized spacial score (nSPS) is 44.7. The van der Waals surface area contributed by atoms with Crippen LogP contribution in [0.4, 0.5) is 0 Å². The Kier molecular flexibility index (Phi) is 3.41. The van der Waals surface area contributed by atoms with E-state index in [4.69, 9.17) is 5.73 Å². The summed E-state index contributed by atoms with van der Waals surface area (Å²) >= 11 is 0. The molecule has 2 N–H and O–H groups in total. The molecule has 18 heavy (non-hydrogen) atoms. The largest absolute Gasteiger partial charge is 0.328 e. The van der Waals surface area contributed by atoms with Gasteiger partial charge in [0.05, 0.1) is 11.5 Å². The molecule has 0 amide bonds. The van der Waals surface area contributed by atoms with Gasteiger partial charge in [-0.05, 0) is 38.5 Å². The van der Waals surface area contributed by atoms with E-state index in [2.05, 4.69) is 4.90 Å². The van der Waals surface area contributed by atoms with Gasteiger partial charge < -0.3 is 5.73 Å². The van der Waals surface area contributed by atoms with Crippen LogP contribution in [0, 0.1) is 0 Å². The first-order valence-electron chi connectivity index (χ1n) is 7.28. The molecular weight excluding hydrogens is 248 g/mol. The third-order valence-electron chi connectivity index (χ3n) is 4.93. The molecule has 4 nitrogen and oxygen atoms in total. The molecule has 5 heteroatoms. The number of hydrogen-bond donors (Lipinski definition) is 1. The Morgan fingerprint density at radius 1 is 0.944 bits per heavy atom. The fourth-order valence-electron chi connectivity index (χ4n) is 4.29. The summed E-state index contributed by atoms with van der Waals surface area (Å²) in [5.41, 5.74) is 6.13. The van der Waals surface area contributed by atoms with Gasteiger partial charge in [0.1, 0.15) is 0 Å². The van der Waals surface area contributed by atoms with E-state index in [1.54, 1.807) is 0 Å². The molecule has 3 heterocycles. The summed E-state index contributed by atoms with van der Waals surface area (Å²) in [6.45, 7) is 0. The van der Waals surface area contributed by atoms with Crippen molar-refractivity contribution in [2.45, 2.75) is 69.1 Å². The first kappa shape index (κ1) is 12.9. The van der Waals surface area contributed by atoms with Gasteiger partial charge in [0.25, 0.3) is 0 Å². The van der Waals surface area contributed by atoms with E-state index < -0.39 is 9.84 Å². The third kappa shape index (κ3) is 2.45. The summed E-state index contributed by atoms with van der Waals surface area (Å²) in [6, 6.07) is 1.69. The molecular formula is C13H24N2O2S. The lowest BCUT2D eigenvalue weighted by Gasteiger charge is -2.52. The van der Waals surface area contributed by atoms with Crippen molar-refractivity contribution >= 4 is 9.84 Å². The Balaban J connectivity index is 1.78. The number of hydrogen-bond acceptors (Lipinski definition) is 4. The number of nitrogens with two attached hydrogens (primary N) is 1. The van der Waals surface area contributed by atoms with Crippen LogP contribution in [0.3, 0.4) is 0 Å². The summed E-state index contributed by atoms with van der Waals surface area (Å²) in [6.07, 6.45) is 7.73. The van der Waals surface area contributed by atoms with Crippen molar-refractivity contribution in [3.8, 4) is 0 Å². The Labute approximate surface area is 110 Å². The zero-order valence-corrected chi connectivity index (χ0v) is 11.7. The van der Waals surface area contributed by atoms with Gasteiger partial charge in [-0.15, -0.1) is 0 Å². The second-order valence-corrected chi connectivity index (χ2v) is 8.56. The van der Waals surface area contributed by atoms with Crippen molar-refractivity contribution in [1.82, 2.24) is 4.90 Å². The molecule has 104 valence electrons. The summed E-state index contributed by atoms with van der Waals surface area (Å²) in [4.78, 5) is 2.55. The van der Waals surface area contributed by atoms with E-state index in [-0.39, 0.29) is 6.04 Å². The van der Waals surface area contributed by atoms with Gasteiger partial charge in [0, 0.05) is 24.2 Å². The van der Waals surface area contributed by atoms with Crippen molar-refractivity contribution in [2.24, 2.45) is 5.73 Å². The van der Waals surface area contributed by atoms with Gasteiger partial charge in [0.15, 0.2) is 9.84 Å². The second kappa shape index (κ2) is 4.76. The Bertz CT molecular complexity index is 395. The molecule has 3 aliphatic heterocycles. The van der Waals surface area contributed by atoms with Crippen LogP contribution in [-0.2, 0) is 9.84 Å². The summed E-state index contributed by atoms with van der Waals surface area (Å²) in [5, 5.41) is 0. The zero-order chi connectivity index (χ0) is 12.8. The average Bonchev–Trinajstić information content (AvgIpc) is 2.26. The summed E-state index contributed by atoms with van der Waals surface area (Å²) in [5.74, 6) is 0.779. The number of nitrogens with zero attached hydrogens (tertiary/aromatic N) is 1. The van der Waals surface area contributed by atoms with Crippen LogP contribution < -0.4 is 5.73 Å². The molecule has 3 atom stereocenters. The fourth-order valence-corrected chi connectivity index (χ4v) is 5.99. The molecule has 0 aromatic rings. The van der Waals surface area contributed by atoms with Gasteiger partial charge in [-0.25, -0.2) is 8.42 Å². The maximum absolute atomic E-state index is 11.8. The first-order valence-corrected chi connectivity index (χ1v) is 9.11. The SMILES string of the molecule is NC1CC2CCCC(C1)N2C1CCCS(=O)(=O)C1. The van der Waals surface area contributed by atoms with E-state index >= 15 is 0 Å². The lowest BCUT2D eigenvalue weighted by molar-refractivity contribution is -0.00221. The summed E-state index contributed by atoms with van der Waals surface area (Å²) < 4.78 is 23.7.